The molecule has 8 nitrogen and oxygen atoms in total. The highest BCUT2D eigenvalue weighted by Gasteiger charge is 2.22. The van der Waals surface area contributed by atoms with Crippen LogP contribution in [0.2, 0.25) is 5.02 Å². The lowest BCUT2D eigenvalue weighted by atomic mass is 10.2. The molecule has 1 N–H and O–H groups in total. The molecule has 0 atom stereocenters. The zero-order valence-electron chi connectivity index (χ0n) is 18.3. The van der Waals surface area contributed by atoms with Crippen LogP contribution in [-0.4, -0.2) is 53.0 Å². The lowest BCUT2D eigenvalue weighted by Crippen LogP contribution is -2.47. The molecule has 0 amide bonds. The summed E-state index contributed by atoms with van der Waals surface area (Å²) in [4.78, 5) is 14.0. The van der Waals surface area contributed by atoms with Crippen molar-refractivity contribution in [1.82, 2.24) is 19.7 Å². The number of anilines is 4. The van der Waals surface area contributed by atoms with E-state index in [1.807, 2.05) is 31.3 Å². The van der Waals surface area contributed by atoms with E-state index in [2.05, 4.69) is 20.2 Å². The number of rotatable bonds is 5. The van der Waals surface area contributed by atoms with Crippen LogP contribution in [0.15, 0.2) is 48.7 Å². The Morgan fingerprint density at radius 2 is 1.73 bits per heavy atom. The number of fused-ring (bicyclic) bond motifs is 1. The number of hydrogen-bond donors (Lipinski definition) is 1. The van der Waals surface area contributed by atoms with Gasteiger partial charge in [0.15, 0.2) is 5.65 Å². The average Bonchev–Trinajstić information content (AvgIpc) is 3.21. The second-order valence-electron chi connectivity index (χ2n) is 7.80. The van der Waals surface area contributed by atoms with Crippen molar-refractivity contribution in [1.29, 1.82) is 0 Å². The fourth-order valence-electron chi connectivity index (χ4n) is 3.94. The lowest BCUT2D eigenvalue weighted by molar-refractivity contribution is 0.415. The van der Waals surface area contributed by atoms with Gasteiger partial charge in [0.05, 0.1) is 23.7 Å². The molecular weight excluding hydrogens is 445 g/mol. The Hall–Kier alpha value is -3.59. The summed E-state index contributed by atoms with van der Waals surface area (Å²) in [7, 11) is 3.44. The second-order valence-corrected chi connectivity index (χ2v) is 8.21. The molecule has 1 aliphatic rings. The Morgan fingerprint density at radius 3 is 2.42 bits per heavy atom. The van der Waals surface area contributed by atoms with E-state index in [1.165, 1.54) is 12.1 Å². The summed E-state index contributed by atoms with van der Waals surface area (Å²) in [6, 6.07) is 12.1. The summed E-state index contributed by atoms with van der Waals surface area (Å²) in [5.74, 6) is 1.67. The molecule has 33 heavy (non-hydrogen) atoms. The average molecular weight is 468 g/mol. The van der Waals surface area contributed by atoms with Gasteiger partial charge >= 0.3 is 0 Å². The Morgan fingerprint density at radius 1 is 1.00 bits per heavy atom. The van der Waals surface area contributed by atoms with Gasteiger partial charge in [-0.15, -0.1) is 0 Å². The lowest BCUT2D eigenvalue weighted by Gasteiger charge is -2.36. The standard InChI is InChI=1S/C23H23ClFN7O/c1-30-22-18(14-26-30)21(27-16-5-8-20(33-2)19(24)13-16)28-23(29-22)32-11-9-31(10-12-32)17-6-3-15(25)4-7-17/h3-8,13-14H,9-12H2,1-2H3,(H,27,28,29). The van der Waals surface area contributed by atoms with Crippen LogP contribution < -0.4 is 19.9 Å². The quantitative estimate of drug-likeness (QED) is 0.470. The highest BCUT2D eigenvalue weighted by molar-refractivity contribution is 6.32. The molecule has 0 bridgehead atoms. The highest BCUT2D eigenvalue weighted by Crippen LogP contribution is 2.31. The SMILES string of the molecule is COc1ccc(Nc2nc(N3CCN(c4ccc(F)cc4)CC3)nc3c2cnn3C)cc1Cl. The van der Waals surface area contributed by atoms with Gasteiger partial charge in [-0.25, -0.2) is 4.39 Å². The molecule has 1 saturated heterocycles. The Labute approximate surface area is 195 Å². The second kappa shape index (κ2) is 8.74. The molecule has 0 spiro atoms. The van der Waals surface area contributed by atoms with E-state index in [4.69, 9.17) is 26.3 Å². The van der Waals surface area contributed by atoms with E-state index < -0.39 is 0 Å². The number of benzene rings is 2. The number of piperazine rings is 1. The van der Waals surface area contributed by atoms with Gasteiger partial charge in [0.2, 0.25) is 5.95 Å². The molecule has 1 fully saturated rings. The highest BCUT2D eigenvalue weighted by atomic mass is 35.5. The summed E-state index contributed by atoms with van der Waals surface area (Å²) >= 11 is 6.30. The molecule has 0 saturated carbocycles. The number of nitrogens with zero attached hydrogens (tertiary/aromatic N) is 6. The van der Waals surface area contributed by atoms with Crippen LogP contribution in [0.5, 0.6) is 5.75 Å². The normalized spacial score (nSPS) is 14.1. The summed E-state index contributed by atoms with van der Waals surface area (Å²) < 4.78 is 20.2. The summed E-state index contributed by atoms with van der Waals surface area (Å²) in [5, 5.41) is 9.04. The van der Waals surface area contributed by atoms with Crippen molar-refractivity contribution in [2.75, 3.05) is 48.4 Å². The minimum atomic E-state index is -0.228. The molecule has 10 heteroatoms. The number of halogens is 2. The van der Waals surface area contributed by atoms with Crippen LogP contribution in [-0.2, 0) is 7.05 Å². The summed E-state index contributed by atoms with van der Waals surface area (Å²) in [6.45, 7) is 3.06. The Bertz CT molecular complexity index is 1290. The van der Waals surface area contributed by atoms with Gasteiger partial charge in [-0.1, -0.05) is 11.6 Å². The monoisotopic (exact) mass is 467 g/mol. The molecule has 0 unspecified atom stereocenters. The fraction of sp³-hybridized carbons (Fsp3) is 0.261. The molecular formula is C23H23ClFN7O. The first-order valence-electron chi connectivity index (χ1n) is 10.6. The summed E-state index contributed by atoms with van der Waals surface area (Å²) in [6.07, 6.45) is 1.75. The maximum atomic E-state index is 13.3. The van der Waals surface area contributed by atoms with Crippen LogP contribution in [0.1, 0.15) is 0 Å². The van der Waals surface area contributed by atoms with Crippen LogP contribution >= 0.6 is 11.6 Å². The number of hydrogen-bond acceptors (Lipinski definition) is 7. The van der Waals surface area contributed by atoms with E-state index in [9.17, 15) is 4.39 Å². The van der Waals surface area contributed by atoms with Gasteiger partial charge in [0.25, 0.3) is 0 Å². The van der Waals surface area contributed by atoms with Crippen molar-refractivity contribution in [3.05, 3.63) is 59.5 Å². The van der Waals surface area contributed by atoms with Crippen LogP contribution in [0.25, 0.3) is 11.0 Å². The smallest absolute Gasteiger partial charge is 0.229 e. The molecule has 2 aromatic heterocycles. The van der Waals surface area contributed by atoms with Gasteiger partial charge in [-0.2, -0.15) is 15.1 Å². The first kappa shape index (κ1) is 21.3. The fourth-order valence-corrected chi connectivity index (χ4v) is 4.20. The molecule has 170 valence electrons. The predicted octanol–water partition coefficient (Wildman–Crippen LogP) is 4.23. The minimum Gasteiger partial charge on any atom is -0.495 e. The number of ether oxygens (including phenoxy) is 1. The number of aromatic nitrogens is 4. The van der Waals surface area contributed by atoms with Crippen molar-refractivity contribution in [2.24, 2.45) is 7.05 Å². The third kappa shape index (κ3) is 4.23. The molecule has 2 aromatic carbocycles. The Balaban J connectivity index is 1.40. The van der Waals surface area contributed by atoms with Crippen molar-refractivity contribution in [3.8, 4) is 5.75 Å². The third-order valence-electron chi connectivity index (χ3n) is 5.75. The minimum absolute atomic E-state index is 0.228. The van der Waals surface area contributed by atoms with Crippen LogP contribution in [0, 0.1) is 5.82 Å². The first-order valence-corrected chi connectivity index (χ1v) is 11.0. The van der Waals surface area contributed by atoms with E-state index in [0.29, 0.717) is 22.5 Å². The predicted molar refractivity (Wildman–Crippen MR) is 128 cm³/mol. The zero-order chi connectivity index (χ0) is 22.9. The van der Waals surface area contributed by atoms with Crippen molar-refractivity contribution in [3.63, 3.8) is 0 Å². The largest absolute Gasteiger partial charge is 0.495 e. The first-order chi connectivity index (χ1) is 16.0. The van der Waals surface area contributed by atoms with Gasteiger partial charge in [-0.3, -0.25) is 4.68 Å². The zero-order valence-corrected chi connectivity index (χ0v) is 19.1. The van der Waals surface area contributed by atoms with Gasteiger partial charge < -0.3 is 19.9 Å². The van der Waals surface area contributed by atoms with Gasteiger partial charge in [0, 0.05) is 44.6 Å². The van der Waals surface area contributed by atoms with Gasteiger partial charge in [-0.05, 0) is 42.5 Å². The Kier molecular flexibility index (Phi) is 5.63. The number of aryl methyl sites for hydroxylation is 1. The maximum Gasteiger partial charge on any atom is 0.229 e. The van der Waals surface area contributed by atoms with Crippen molar-refractivity contribution < 1.29 is 9.13 Å². The molecule has 4 aromatic rings. The van der Waals surface area contributed by atoms with E-state index >= 15 is 0 Å². The van der Waals surface area contributed by atoms with Gasteiger partial charge in [0.1, 0.15) is 17.4 Å². The van der Waals surface area contributed by atoms with E-state index in [0.717, 1.165) is 48.6 Å². The molecule has 3 heterocycles. The van der Waals surface area contributed by atoms with Crippen LogP contribution in [0.3, 0.4) is 0 Å². The number of methoxy groups -OCH3 is 1. The van der Waals surface area contributed by atoms with Crippen molar-refractivity contribution >= 4 is 45.8 Å². The topological polar surface area (TPSA) is 71.3 Å². The number of nitrogens with one attached hydrogen (secondary N) is 1. The maximum absolute atomic E-state index is 13.3. The third-order valence-corrected chi connectivity index (χ3v) is 6.04. The molecule has 1 aliphatic heterocycles. The van der Waals surface area contributed by atoms with Crippen molar-refractivity contribution in [2.45, 2.75) is 0 Å². The summed E-state index contributed by atoms with van der Waals surface area (Å²) in [5.41, 5.74) is 2.54. The van der Waals surface area contributed by atoms with E-state index in [-0.39, 0.29) is 5.82 Å². The molecule has 0 radical (unpaired) electrons. The molecule has 0 aliphatic carbocycles. The van der Waals surface area contributed by atoms with E-state index in [1.54, 1.807) is 24.1 Å². The van der Waals surface area contributed by atoms with Crippen LogP contribution in [0.4, 0.5) is 27.5 Å². The molecule has 5 rings (SSSR count).